The van der Waals surface area contributed by atoms with Gasteiger partial charge in [-0.1, -0.05) is 60.1 Å². The standard InChI is InChI=1S/C32H22FN/c1-2-3-4-5-24-6-8-25(9-7-24)10-13-27-17-21-31-30(22-27)20-19-29(32(31)33)18-16-26-11-14-28(23-34)15-12-26/h2-3,6-9,11-12,14-15,17,19-22H,4-5H2,1H3/b3-2+. The Balaban J connectivity index is 1.52. The third kappa shape index (κ3) is 5.61. The summed E-state index contributed by atoms with van der Waals surface area (Å²) in [4.78, 5) is 0. The van der Waals surface area contributed by atoms with Crippen LogP contribution in [0, 0.1) is 40.8 Å². The Labute approximate surface area is 200 Å². The Bertz CT molecular complexity index is 1510. The van der Waals surface area contributed by atoms with Crippen molar-refractivity contribution in [1.29, 1.82) is 5.26 Å². The van der Waals surface area contributed by atoms with E-state index in [2.05, 4.69) is 54.0 Å². The van der Waals surface area contributed by atoms with Gasteiger partial charge in [-0.25, -0.2) is 4.39 Å². The van der Waals surface area contributed by atoms with Gasteiger partial charge in [-0.3, -0.25) is 0 Å². The summed E-state index contributed by atoms with van der Waals surface area (Å²) in [6.07, 6.45) is 6.30. The number of rotatable bonds is 3. The van der Waals surface area contributed by atoms with Gasteiger partial charge in [-0.15, -0.1) is 0 Å². The van der Waals surface area contributed by atoms with E-state index < -0.39 is 0 Å². The predicted molar refractivity (Wildman–Crippen MR) is 137 cm³/mol. The number of aryl methyl sites for hydroxylation is 1. The van der Waals surface area contributed by atoms with E-state index in [1.807, 2.05) is 37.3 Å². The minimum atomic E-state index is -0.341. The number of halogens is 1. The highest BCUT2D eigenvalue weighted by molar-refractivity contribution is 5.86. The molecule has 0 unspecified atom stereocenters. The maximum absolute atomic E-state index is 15.0. The molecule has 0 aromatic heterocycles. The predicted octanol–water partition coefficient (Wildman–Crippen LogP) is 7.16. The zero-order chi connectivity index (χ0) is 23.8. The number of nitriles is 1. The molecule has 0 spiro atoms. The fourth-order valence-electron chi connectivity index (χ4n) is 3.55. The van der Waals surface area contributed by atoms with Crippen molar-refractivity contribution < 1.29 is 4.39 Å². The normalized spacial score (nSPS) is 10.3. The Kier molecular flexibility index (Phi) is 7.20. The van der Waals surface area contributed by atoms with E-state index in [1.54, 1.807) is 36.4 Å². The molecule has 1 nitrogen and oxygen atoms in total. The fourth-order valence-corrected chi connectivity index (χ4v) is 3.55. The monoisotopic (exact) mass is 439 g/mol. The highest BCUT2D eigenvalue weighted by atomic mass is 19.1. The molecule has 0 fully saturated rings. The van der Waals surface area contributed by atoms with E-state index in [-0.39, 0.29) is 5.82 Å². The van der Waals surface area contributed by atoms with Crippen molar-refractivity contribution >= 4 is 10.8 Å². The summed E-state index contributed by atoms with van der Waals surface area (Å²) in [6.45, 7) is 2.03. The van der Waals surface area contributed by atoms with E-state index in [1.165, 1.54) is 5.56 Å². The average molecular weight is 440 g/mol. The first-order valence-corrected chi connectivity index (χ1v) is 11.1. The van der Waals surface area contributed by atoms with Gasteiger partial charge in [0.05, 0.1) is 17.2 Å². The SMILES string of the molecule is C/C=C/CCc1ccc(C#Cc2ccc3c(F)c(C#Cc4ccc(C#N)cc4)ccc3c2)cc1. The van der Waals surface area contributed by atoms with Crippen molar-refractivity contribution in [2.75, 3.05) is 0 Å². The van der Waals surface area contributed by atoms with Gasteiger partial charge in [0.15, 0.2) is 0 Å². The molecule has 162 valence electrons. The van der Waals surface area contributed by atoms with Crippen molar-refractivity contribution in [3.63, 3.8) is 0 Å². The minimum absolute atomic E-state index is 0.338. The van der Waals surface area contributed by atoms with E-state index in [0.717, 1.165) is 34.9 Å². The van der Waals surface area contributed by atoms with Crippen molar-refractivity contribution in [3.05, 3.63) is 130 Å². The Morgan fingerprint density at radius 3 is 2.06 bits per heavy atom. The van der Waals surface area contributed by atoms with Crippen LogP contribution in [0.2, 0.25) is 0 Å². The van der Waals surface area contributed by atoms with Crippen molar-refractivity contribution in [2.24, 2.45) is 0 Å². The van der Waals surface area contributed by atoms with Crippen LogP contribution in [-0.2, 0) is 6.42 Å². The second-order valence-electron chi connectivity index (χ2n) is 7.86. The lowest BCUT2D eigenvalue weighted by Crippen LogP contribution is -1.88. The van der Waals surface area contributed by atoms with Crippen LogP contribution in [0.1, 0.15) is 46.7 Å². The number of fused-ring (bicyclic) bond motifs is 1. The molecule has 0 N–H and O–H groups in total. The highest BCUT2D eigenvalue weighted by Crippen LogP contribution is 2.22. The summed E-state index contributed by atoms with van der Waals surface area (Å²) in [5, 5.41) is 10.2. The molecule has 0 aliphatic carbocycles. The number of hydrogen-bond acceptors (Lipinski definition) is 1. The van der Waals surface area contributed by atoms with Gasteiger partial charge in [0, 0.05) is 22.1 Å². The topological polar surface area (TPSA) is 23.8 Å². The van der Waals surface area contributed by atoms with E-state index in [9.17, 15) is 0 Å². The second-order valence-corrected chi connectivity index (χ2v) is 7.86. The Morgan fingerprint density at radius 1 is 0.735 bits per heavy atom. The van der Waals surface area contributed by atoms with Crippen LogP contribution in [0.3, 0.4) is 0 Å². The third-order valence-electron chi connectivity index (χ3n) is 5.45. The summed E-state index contributed by atoms with van der Waals surface area (Å²) in [6, 6.07) is 26.3. The highest BCUT2D eigenvalue weighted by Gasteiger charge is 2.06. The van der Waals surface area contributed by atoms with Gasteiger partial charge < -0.3 is 0 Å². The first kappa shape index (κ1) is 22.6. The third-order valence-corrected chi connectivity index (χ3v) is 5.45. The average Bonchev–Trinajstić information content (AvgIpc) is 2.88. The zero-order valence-corrected chi connectivity index (χ0v) is 18.9. The van der Waals surface area contributed by atoms with E-state index in [4.69, 9.17) is 5.26 Å². The van der Waals surface area contributed by atoms with Crippen molar-refractivity contribution in [2.45, 2.75) is 19.8 Å². The van der Waals surface area contributed by atoms with Crippen molar-refractivity contribution in [1.82, 2.24) is 0 Å². The molecule has 4 rings (SSSR count). The van der Waals surface area contributed by atoms with Gasteiger partial charge >= 0.3 is 0 Å². The molecule has 0 atom stereocenters. The van der Waals surface area contributed by atoms with Gasteiger partial charge in [0.2, 0.25) is 0 Å². The van der Waals surface area contributed by atoms with Gasteiger partial charge in [-0.05, 0) is 85.3 Å². The molecule has 0 amide bonds. The smallest absolute Gasteiger partial charge is 0.146 e. The number of benzene rings is 4. The fraction of sp³-hybridized carbons (Fsp3) is 0.0938. The minimum Gasteiger partial charge on any atom is -0.205 e. The maximum Gasteiger partial charge on any atom is 0.146 e. The number of nitrogens with zero attached hydrogens (tertiary/aromatic N) is 1. The van der Waals surface area contributed by atoms with Gasteiger partial charge in [-0.2, -0.15) is 5.26 Å². The summed E-state index contributed by atoms with van der Waals surface area (Å²) in [7, 11) is 0. The van der Waals surface area contributed by atoms with Crippen molar-refractivity contribution in [3.8, 4) is 29.8 Å². The molecule has 0 radical (unpaired) electrons. The van der Waals surface area contributed by atoms with Crippen LogP contribution in [-0.4, -0.2) is 0 Å². The van der Waals surface area contributed by atoms with Crippen LogP contribution in [0.4, 0.5) is 4.39 Å². The Hall–Kier alpha value is -4.58. The van der Waals surface area contributed by atoms with E-state index in [0.29, 0.717) is 16.5 Å². The molecule has 0 aliphatic heterocycles. The summed E-state index contributed by atoms with van der Waals surface area (Å²) in [5.41, 5.74) is 4.72. The van der Waals surface area contributed by atoms with Crippen LogP contribution in [0.25, 0.3) is 10.8 Å². The number of allylic oxidation sites excluding steroid dienone is 2. The van der Waals surface area contributed by atoms with Crippen LogP contribution in [0.15, 0.2) is 91.0 Å². The number of hydrogen-bond donors (Lipinski definition) is 0. The molecule has 0 heterocycles. The molecule has 0 saturated carbocycles. The first-order chi connectivity index (χ1) is 16.7. The molecule has 4 aromatic rings. The molecule has 0 bridgehead atoms. The van der Waals surface area contributed by atoms with Crippen LogP contribution >= 0.6 is 0 Å². The molecule has 0 aliphatic rings. The molecule has 4 aromatic carbocycles. The molecular formula is C32H22FN. The molecule has 34 heavy (non-hydrogen) atoms. The lowest BCUT2D eigenvalue weighted by Gasteiger charge is -2.03. The molecular weight excluding hydrogens is 417 g/mol. The van der Waals surface area contributed by atoms with Gasteiger partial charge in [0.25, 0.3) is 0 Å². The summed E-state index contributed by atoms with van der Waals surface area (Å²) < 4.78 is 15.0. The largest absolute Gasteiger partial charge is 0.205 e. The Morgan fingerprint density at radius 2 is 1.35 bits per heavy atom. The second kappa shape index (κ2) is 10.8. The molecule has 0 saturated heterocycles. The van der Waals surface area contributed by atoms with Crippen LogP contribution in [0.5, 0.6) is 0 Å². The lowest BCUT2D eigenvalue weighted by molar-refractivity contribution is 0.636. The summed E-state index contributed by atoms with van der Waals surface area (Å²) in [5.74, 6) is 11.9. The van der Waals surface area contributed by atoms with Crippen LogP contribution < -0.4 is 0 Å². The first-order valence-electron chi connectivity index (χ1n) is 11.1. The quantitative estimate of drug-likeness (QED) is 0.245. The van der Waals surface area contributed by atoms with Gasteiger partial charge in [0.1, 0.15) is 5.82 Å². The molecule has 2 heteroatoms. The van der Waals surface area contributed by atoms with E-state index >= 15 is 4.39 Å². The summed E-state index contributed by atoms with van der Waals surface area (Å²) >= 11 is 0. The zero-order valence-electron chi connectivity index (χ0n) is 18.9. The maximum atomic E-state index is 15.0. The lowest BCUT2D eigenvalue weighted by atomic mass is 10.0.